The summed E-state index contributed by atoms with van der Waals surface area (Å²) in [6.07, 6.45) is 4.18. The summed E-state index contributed by atoms with van der Waals surface area (Å²) in [7, 11) is 1.83. The molecule has 1 aliphatic heterocycles. The quantitative estimate of drug-likeness (QED) is 0.374. The topological polar surface area (TPSA) is 52.6 Å². The second-order valence-corrected chi connectivity index (χ2v) is 8.28. The van der Waals surface area contributed by atoms with Gasteiger partial charge in [-0.1, -0.05) is 30.3 Å². The van der Waals surface area contributed by atoms with Crippen molar-refractivity contribution in [1.82, 2.24) is 20.5 Å². The van der Waals surface area contributed by atoms with E-state index in [1.165, 1.54) is 10.4 Å². The molecule has 1 saturated heterocycles. The number of thiazole rings is 1. The van der Waals surface area contributed by atoms with E-state index in [0.717, 1.165) is 43.4 Å². The minimum Gasteiger partial charge on any atom is -0.354 e. The first-order valence-electron chi connectivity index (χ1n) is 9.30. The first-order chi connectivity index (χ1) is 12.6. The summed E-state index contributed by atoms with van der Waals surface area (Å²) < 4.78 is 0. The molecule has 2 atom stereocenters. The van der Waals surface area contributed by atoms with Crippen LogP contribution in [0.15, 0.2) is 41.5 Å². The normalized spacial score (nSPS) is 20.8. The summed E-state index contributed by atoms with van der Waals surface area (Å²) in [5, 5.41) is 8.07. The molecule has 0 saturated carbocycles. The summed E-state index contributed by atoms with van der Waals surface area (Å²) in [6, 6.07) is 11.8. The van der Waals surface area contributed by atoms with Crippen molar-refractivity contribution in [3.05, 3.63) is 52.0 Å². The van der Waals surface area contributed by atoms with Crippen LogP contribution in [0.4, 0.5) is 0 Å². The molecule has 1 fully saturated rings. The standard InChI is InChI=1S/C20H29N5S.HI/c1-15-11-18(9-10-25(15)14-17-7-5-4-6-8-17)24-20(21-3)23-13-19-22-12-16(2)26-19;/h4-8,12,15,18H,9-11,13-14H2,1-3H3,(H2,21,23,24);1H. The third kappa shape index (κ3) is 6.73. The summed E-state index contributed by atoms with van der Waals surface area (Å²) in [4.78, 5) is 12.6. The SMILES string of the molecule is CN=C(NCc1ncc(C)s1)NC1CCN(Cc2ccccc2)C(C)C1.I. The number of guanidine groups is 1. The number of aliphatic imine (C=N–C) groups is 1. The van der Waals surface area contributed by atoms with Gasteiger partial charge in [0.1, 0.15) is 5.01 Å². The van der Waals surface area contributed by atoms with Crippen LogP contribution in [0.2, 0.25) is 0 Å². The highest BCUT2D eigenvalue weighted by Gasteiger charge is 2.25. The van der Waals surface area contributed by atoms with Crippen molar-refractivity contribution in [1.29, 1.82) is 0 Å². The zero-order chi connectivity index (χ0) is 18.4. The van der Waals surface area contributed by atoms with Crippen LogP contribution in [0.5, 0.6) is 0 Å². The van der Waals surface area contributed by atoms with Gasteiger partial charge >= 0.3 is 0 Å². The van der Waals surface area contributed by atoms with E-state index < -0.39 is 0 Å². The van der Waals surface area contributed by atoms with Gasteiger partial charge in [-0.15, -0.1) is 35.3 Å². The van der Waals surface area contributed by atoms with Crippen molar-refractivity contribution in [3.8, 4) is 0 Å². The molecule has 1 aromatic carbocycles. The average Bonchev–Trinajstić information content (AvgIpc) is 3.07. The molecule has 0 aliphatic carbocycles. The molecule has 0 bridgehead atoms. The van der Waals surface area contributed by atoms with Gasteiger partial charge in [-0.25, -0.2) is 4.98 Å². The Balaban J connectivity index is 0.00000261. The Bertz CT molecular complexity index is 718. The molecule has 2 unspecified atom stereocenters. The van der Waals surface area contributed by atoms with E-state index in [4.69, 9.17) is 0 Å². The van der Waals surface area contributed by atoms with Crippen molar-refractivity contribution in [2.45, 2.75) is 51.9 Å². The maximum atomic E-state index is 4.40. The Hall–Kier alpha value is -1.19. The molecular weight excluding hydrogens is 469 g/mol. The van der Waals surface area contributed by atoms with Crippen LogP contribution < -0.4 is 10.6 Å². The van der Waals surface area contributed by atoms with Gasteiger partial charge in [0.05, 0.1) is 6.54 Å². The van der Waals surface area contributed by atoms with Crippen LogP contribution in [0.25, 0.3) is 0 Å². The molecule has 1 aromatic heterocycles. The number of nitrogens with zero attached hydrogens (tertiary/aromatic N) is 3. The number of benzene rings is 1. The Labute approximate surface area is 183 Å². The van der Waals surface area contributed by atoms with Crippen molar-refractivity contribution < 1.29 is 0 Å². The monoisotopic (exact) mass is 499 g/mol. The Morgan fingerprint density at radius 2 is 2.11 bits per heavy atom. The maximum Gasteiger partial charge on any atom is 0.191 e. The average molecular weight is 499 g/mol. The lowest BCUT2D eigenvalue weighted by Gasteiger charge is -2.38. The number of hydrogen-bond acceptors (Lipinski definition) is 4. The molecule has 7 heteroatoms. The van der Waals surface area contributed by atoms with Crippen LogP contribution in [-0.2, 0) is 13.1 Å². The highest BCUT2D eigenvalue weighted by molar-refractivity contribution is 14.0. The number of hydrogen-bond donors (Lipinski definition) is 2. The van der Waals surface area contributed by atoms with Gasteiger partial charge in [0.25, 0.3) is 0 Å². The summed E-state index contributed by atoms with van der Waals surface area (Å²) in [5.74, 6) is 0.867. The van der Waals surface area contributed by atoms with E-state index in [0.29, 0.717) is 12.1 Å². The fraction of sp³-hybridized carbons (Fsp3) is 0.500. The van der Waals surface area contributed by atoms with Crippen LogP contribution in [0, 0.1) is 6.92 Å². The number of rotatable bonds is 5. The Morgan fingerprint density at radius 3 is 2.74 bits per heavy atom. The third-order valence-electron chi connectivity index (χ3n) is 4.88. The van der Waals surface area contributed by atoms with Crippen molar-refractivity contribution in [3.63, 3.8) is 0 Å². The molecule has 0 amide bonds. The highest BCUT2D eigenvalue weighted by Crippen LogP contribution is 2.20. The number of nitrogens with one attached hydrogen (secondary N) is 2. The Kier molecular flexibility index (Phi) is 8.98. The van der Waals surface area contributed by atoms with Crippen molar-refractivity contribution in [2.75, 3.05) is 13.6 Å². The molecule has 5 nitrogen and oxygen atoms in total. The zero-order valence-corrected chi connectivity index (χ0v) is 19.5. The number of likely N-dealkylation sites (tertiary alicyclic amines) is 1. The first-order valence-corrected chi connectivity index (χ1v) is 10.1. The lowest BCUT2D eigenvalue weighted by atomic mass is 9.97. The van der Waals surface area contributed by atoms with Crippen LogP contribution in [0.1, 0.15) is 35.2 Å². The van der Waals surface area contributed by atoms with Gasteiger partial charge in [-0.2, -0.15) is 0 Å². The van der Waals surface area contributed by atoms with E-state index in [1.807, 2.05) is 13.2 Å². The van der Waals surface area contributed by atoms with Crippen molar-refractivity contribution >= 4 is 41.3 Å². The minimum absolute atomic E-state index is 0. The van der Waals surface area contributed by atoms with Gasteiger partial charge in [-0.3, -0.25) is 9.89 Å². The zero-order valence-electron chi connectivity index (χ0n) is 16.3. The second-order valence-electron chi connectivity index (χ2n) is 6.96. The lowest BCUT2D eigenvalue weighted by molar-refractivity contribution is 0.134. The van der Waals surface area contributed by atoms with Gasteiger partial charge in [-0.05, 0) is 32.3 Å². The second kappa shape index (κ2) is 11.0. The van der Waals surface area contributed by atoms with E-state index in [1.54, 1.807) is 11.3 Å². The molecule has 27 heavy (non-hydrogen) atoms. The highest BCUT2D eigenvalue weighted by atomic mass is 127. The minimum atomic E-state index is 0. The predicted molar refractivity (Wildman–Crippen MR) is 125 cm³/mol. The number of aryl methyl sites for hydroxylation is 1. The summed E-state index contributed by atoms with van der Waals surface area (Å²) >= 11 is 1.72. The van der Waals surface area contributed by atoms with E-state index in [-0.39, 0.29) is 24.0 Å². The lowest BCUT2D eigenvalue weighted by Crippen LogP contribution is -2.51. The number of halogens is 1. The fourth-order valence-electron chi connectivity index (χ4n) is 3.44. The van der Waals surface area contributed by atoms with E-state index in [2.05, 4.69) is 69.7 Å². The third-order valence-corrected chi connectivity index (χ3v) is 5.80. The molecule has 3 rings (SSSR count). The van der Waals surface area contributed by atoms with Gasteiger partial charge < -0.3 is 10.6 Å². The largest absolute Gasteiger partial charge is 0.354 e. The molecule has 1 aliphatic rings. The molecule has 0 radical (unpaired) electrons. The molecule has 2 N–H and O–H groups in total. The number of piperidine rings is 1. The molecular formula is C20H30IN5S. The van der Waals surface area contributed by atoms with Gasteiger partial charge in [0.2, 0.25) is 0 Å². The first kappa shape index (κ1) is 22.1. The smallest absolute Gasteiger partial charge is 0.191 e. The molecule has 148 valence electrons. The van der Waals surface area contributed by atoms with E-state index >= 15 is 0 Å². The van der Waals surface area contributed by atoms with Gasteiger partial charge in [0, 0.05) is 43.3 Å². The van der Waals surface area contributed by atoms with Gasteiger partial charge in [0.15, 0.2) is 5.96 Å². The fourth-order valence-corrected chi connectivity index (χ4v) is 4.16. The number of aromatic nitrogens is 1. The Morgan fingerprint density at radius 1 is 1.33 bits per heavy atom. The molecule has 2 heterocycles. The summed E-state index contributed by atoms with van der Waals surface area (Å²) in [6.45, 7) is 7.27. The summed E-state index contributed by atoms with van der Waals surface area (Å²) in [5.41, 5.74) is 1.39. The van der Waals surface area contributed by atoms with E-state index in [9.17, 15) is 0 Å². The predicted octanol–water partition coefficient (Wildman–Crippen LogP) is 3.79. The van der Waals surface area contributed by atoms with Crippen molar-refractivity contribution in [2.24, 2.45) is 4.99 Å². The van der Waals surface area contributed by atoms with Crippen LogP contribution in [0.3, 0.4) is 0 Å². The molecule has 0 spiro atoms. The van der Waals surface area contributed by atoms with Crippen LogP contribution >= 0.6 is 35.3 Å². The van der Waals surface area contributed by atoms with Crippen LogP contribution in [-0.4, -0.2) is 41.5 Å². The maximum absolute atomic E-state index is 4.40. The molecule has 2 aromatic rings.